The summed E-state index contributed by atoms with van der Waals surface area (Å²) in [5.41, 5.74) is -0.576. The van der Waals surface area contributed by atoms with Crippen LogP contribution in [0.2, 0.25) is 0 Å². The molecular weight excluding hydrogens is 328 g/mol. The van der Waals surface area contributed by atoms with Crippen molar-refractivity contribution >= 4 is 12.1 Å². The Morgan fingerprint density at radius 1 is 1.20 bits per heavy atom. The third-order valence-electron chi connectivity index (χ3n) is 4.34. The molecule has 1 unspecified atom stereocenters. The maximum atomic E-state index is 12.0. The number of ether oxygens (including phenoxy) is 4. The summed E-state index contributed by atoms with van der Waals surface area (Å²) in [7, 11) is 1.36. The Bertz CT molecular complexity index is 460. The molecule has 2 aliphatic rings. The van der Waals surface area contributed by atoms with Gasteiger partial charge in [-0.15, -0.1) is 0 Å². The molecule has 1 spiro atoms. The van der Waals surface area contributed by atoms with E-state index in [2.05, 4.69) is 10.2 Å². The van der Waals surface area contributed by atoms with E-state index in [-0.39, 0.29) is 12.5 Å². The predicted octanol–water partition coefficient (Wildman–Crippen LogP) is 1.14. The van der Waals surface area contributed by atoms with E-state index in [1.54, 1.807) is 20.8 Å². The Labute approximate surface area is 149 Å². The van der Waals surface area contributed by atoms with Crippen molar-refractivity contribution in [3.05, 3.63) is 0 Å². The maximum Gasteiger partial charge on any atom is 0.407 e. The summed E-state index contributed by atoms with van der Waals surface area (Å²) in [5, 5.41) is 2.65. The van der Waals surface area contributed by atoms with Crippen molar-refractivity contribution in [1.82, 2.24) is 10.2 Å². The van der Waals surface area contributed by atoms with Crippen LogP contribution < -0.4 is 5.32 Å². The minimum Gasteiger partial charge on any atom is -0.469 e. The van der Waals surface area contributed by atoms with Crippen molar-refractivity contribution < 1.29 is 28.5 Å². The van der Waals surface area contributed by atoms with E-state index in [9.17, 15) is 9.59 Å². The third kappa shape index (κ3) is 6.13. The normalized spacial score (nSPS) is 21.8. The number of esters is 1. The van der Waals surface area contributed by atoms with Crippen molar-refractivity contribution in [1.29, 1.82) is 0 Å². The van der Waals surface area contributed by atoms with Gasteiger partial charge in [-0.2, -0.15) is 0 Å². The molecule has 0 saturated carbocycles. The summed E-state index contributed by atoms with van der Waals surface area (Å²) >= 11 is 0. The highest BCUT2D eigenvalue weighted by atomic mass is 16.7. The number of likely N-dealkylation sites (tertiary alicyclic amines) is 1. The first-order valence-corrected chi connectivity index (χ1v) is 8.78. The number of piperidine rings is 1. The number of amides is 1. The van der Waals surface area contributed by atoms with Gasteiger partial charge in [0.15, 0.2) is 5.79 Å². The molecule has 2 heterocycles. The summed E-state index contributed by atoms with van der Waals surface area (Å²) in [5.74, 6) is -1.23. The summed E-state index contributed by atoms with van der Waals surface area (Å²) in [6.07, 6.45) is 1.02. The lowest BCUT2D eigenvalue weighted by Crippen LogP contribution is -2.49. The zero-order valence-electron chi connectivity index (χ0n) is 15.6. The predicted molar refractivity (Wildman–Crippen MR) is 90.1 cm³/mol. The van der Waals surface area contributed by atoms with Crippen molar-refractivity contribution in [3.8, 4) is 0 Å². The van der Waals surface area contributed by atoms with Crippen LogP contribution in [0.5, 0.6) is 0 Å². The summed E-state index contributed by atoms with van der Waals surface area (Å²) in [4.78, 5) is 26.0. The number of hydrogen-bond donors (Lipinski definition) is 1. The molecule has 144 valence electrons. The zero-order chi connectivity index (χ0) is 18.5. The smallest absolute Gasteiger partial charge is 0.407 e. The molecule has 0 aromatic heterocycles. The summed E-state index contributed by atoms with van der Waals surface area (Å²) < 4.78 is 21.5. The van der Waals surface area contributed by atoms with E-state index in [1.165, 1.54) is 7.11 Å². The fourth-order valence-corrected chi connectivity index (χ4v) is 3.08. The molecule has 1 amide bonds. The number of nitrogens with one attached hydrogen (secondary N) is 1. The van der Waals surface area contributed by atoms with Gasteiger partial charge in [-0.25, -0.2) is 4.79 Å². The number of hydrogen-bond acceptors (Lipinski definition) is 7. The highest BCUT2D eigenvalue weighted by Gasteiger charge is 2.40. The quantitative estimate of drug-likeness (QED) is 0.738. The highest BCUT2D eigenvalue weighted by molar-refractivity contribution is 5.74. The molecule has 0 aromatic carbocycles. The van der Waals surface area contributed by atoms with Crippen LogP contribution in [0.1, 0.15) is 33.6 Å². The van der Waals surface area contributed by atoms with E-state index in [4.69, 9.17) is 18.9 Å². The largest absolute Gasteiger partial charge is 0.469 e. The van der Waals surface area contributed by atoms with Crippen LogP contribution in [0.3, 0.4) is 0 Å². The first-order valence-electron chi connectivity index (χ1n) is 8.78. The molecule has 8 nitrogen and oxygen atoms in total. The van der Waals surface area contributed by atoms with Crippen molar-refractivity contribution in [3.63, 3.8) is 0 Å². The lowest BCUT2D eigenvalue weighted by Gasteiger charge is -2.38. The Hall–Kier alpha value is -1.38. The first-order chi connectivity index (χ1) is 11.7. The second-order valence-electron chi connectivity index (χ2n) is 7.51. The van der Waals surface area contributed by atoms with E-state index in [1.807, 2.05) is 0 Å². The Morgan fingerprint density at radius 2 is 1.80 bits per heavy atom. The number of methoxy groups -OCH3 is 1. The standard InChI is InChI=1S/C17H30N2O6/c1-16(2,3)25-15(21)18-11-13(14(20)22-4)12-19-7-5-17(6-8-19)23-9-10-24-17/h13H,5-12H2,1-4H3,(H,18,21). The zero-order valence-corrected chi connectivity index (χ0v) is 15.6. The minimum atomic E-state index is -0.576. The minimum absolute atomic E-state index is 0.177. The molecule has 2 saturated heterocycles. The molecule has 0 aromatic rings. The third-order valence-corrected chi connectivity index (χ3v) is 4.34. The average Bonchev–Trinajstić information content (AvgIpc) is 2.99. The Kier molecular flexibility index (Phi) is 6.65. The van der Waals surface area contributed by atoms with E-state index >= 15 is 0 Å². The van der Waals surface area contributed by atoms with Gasteiger partial charge in [0.2, 0.25) is 0 Å². The molecule has 25 heavy (non-hydrogen) atoms. The van der Waals surface area contributed by atoms with Gasteiger partial charge >= 0.3 is 12.1 Å². The highest BCUT2D eigenvalue weighted by Crippen LogP contribution is 2.31. The first kappa shape index (κ1) is 19.9. The van der Waals surface area contributed by atoms with Crippen LogP contribution in [-0.4, -0.2) is 74.9 Å². The molecule has 2 fully saturated rings. The summed E-state index contributed by atoms with van der Waals surface area (Å²) in [6, 6.07) is 0. The fraction of sp³-hybridized carbons (Fsp3) is 0.882. The maximum absolute atomic E-state index is 12.0. The number of carbonyl (C=O) groups excluding carboxylic acids is 2. The summed E-state index contributed by atoms with van der Waals surface area (Å²) in [6.45, 7) is 8.91. The van der Waals surface area contributed by atoms with Crippen LogP contribution in [0.15, 0.2) is 0 Å². The number of alkyl carbamates (subject to hydrolysis) is 1. The van der Waals surface area contributed by atoms with E-state index in [0.29, 0.717) is 19.8 Å². The van der Waals surface area contributed by atoms with Crippen LogP contribution in [0, 0.1) is 5.92 Å². The van der Waals surface area contributed by atoms with Gasteiger partial charge < -0.3 is 29.2 Å². The fourth-order valence-electron chi connectivity index (χ4n) is 3.08. The van der Waals surface area contributed by atoms with Crippen molar-refractivity contribution in [2.24, 2.45) is 5.92 Å². The molecule has 0 aliphatic carbocycles. The number of nitrogens with zero attached hydrogens (tertiary/aromatic N) is 1. The van der Waals surface area contributed by atoms with Crippen LogP contribution in [0.25, 0.3) is 0 Å². The van der Waals surface area contributed by atoms with Gasteiger partial charge in [0.05, 0.1) is 26.2 Å². The molecule has 0 bridgehead atoms. The monoisotopic (exact) mass is 358 g/mol. The Balaban J connectivity index is 1.82. The SMILES string of the molecule is COC(=O)C(CNC(=O)OC(C)(C)C)CN1CCC2(CC1)OCCO2. The van der Waals surface area contributed by atoms with Gasteiger partial charge in [0.1, 0.15) is 5.60 Å². The van der Waals surface area contributed by atoms with E-state index < -0.39 is 23.4 Å². The van der Waals surface area contributed by atoms with E-state index in [0.717, 1.165) is 25.9 Å². The van der Waals surface area contributed by atoms with Crippen LogP contribution in [-0.2, 0) is 23.7 Å². The molecule has 0 radical (unpaired) electrons. The second-order valence-corrected chi connectivity index (χ2v) is 7.51. The van der Waals surface area contributed by atoms with Crippen molar-refractivity contribution in [2.45, 2.75) is 45.0 Å². The molecular formula is C17H30N2O6. The van der Waals surface area contributed by atoms with Gasteiger partial charge in [-0.3, -0.25) is 4.79 Å². The van der Waals surface area contributed by atoms with Crippen molar-refractivity contribution in [2.75, 3.05) is 46.5 Å². The lowest BCUT2D eigenvalue weighted by atomic mass is 10.0. The van der Waals surface area contributed by atoms with Gasteiger partial charge in [-0.05, 0) is 20.8 Å². The topological polar surface area (TPSA) is 86.3 Å². The number of carbonyl (C=O) groups is 2. The molecule has 1 N–H and O–H groups in total. The molecule has 2 rings (SSSR count). The van der Waals surface area contributed by atoms with Crippen LogP contribution in [0.4, 0.5) is 4.79 Å². The lowest BCUT2D eigenvalue weighted by molar-refractivity contribution is -0.186. The number of rotatable bonds is 5. The van der Waals surface area contributed by atoms with Crippen LogP contribution >= 0.6 is 0 Å². The molecule has 1 atom stereocenters. The van der Waals surface area contributed by atoms with Gasteiger partial charge in [0.25, 0.3) is 0 Å². The molecule has 2 aliphatic heterocycles. The van der Waals surface area contributed by atoms with Gasteiger partial charge in [-0.1, -0.05) is 0 Å². The second kappa shape index (κ2) is 8.33. The Morgan fingerprint density at radius 3 is 2.32 bits per heavy atom. The van der Waals surface area contributed by atoms with Gasteiger partial charge in [0, 0.05) is 39.0 Å². The molecule has 8 heteroatoms. The average molecular weight is 358 g/mol.